The maximum Gasteiger partial charge on any atom is 0.146 e. The van der Waals surface area contributed by atoms with Crippen LogP contribution in [0.1, 0.15) is 17.1 Å². The van der Waals surface area contributed by atoms with Crippen molar-refractivity contribution in [2.75, 3.05) is 14.2 Å². The van der Waals surface area contributed by atoms with Crippen LogP contribution < -0.4 is 14.8 Å². The van der Waals surface area contributed by atoms with Crippen LogP contribution in [0, 0.1) is 6.92 Å². The molecule has 0 unspecified atom stereocenters. The molecule has 2 rings (SSSR count). The zero-order valence-corrected chi connectivity index (χ0v) is 13.4. The van der Waals surface area contributed by atoms with Gasteiger partial charge in [0.25, 0.3) is 0 Å². The van der Waals surface area contributed by atoms with Crippen molar-refractivity contribution in [1.82, 2.24) is 5.32 Å². The van der Waals surface area contributed by atoms with Gasteiger partial charge in [0, 0.05) is 0 Å². The van der Waals surface area contributed by atoms with Gasteiger partial charge in [-0.3, -0.25) is 0 Å². The zero-order chi connectivity index (χ0) is 14.5. The minimum Gasteiger partial charge on any atom is -0.497 e. The van der Waals surface area contributed by atoms with Gasteiger partial charge in [-0.15, -0.1) is 0 Å². The van der Waals surface area contributed by atoms with Crippen LogP contribution in [0.2, 0.25) is 0 Å². The molecule has 0 amide bonds. The first-order chi connectivity index (χ1) is 9.63. The smallest absolute Gasteiger partial charge is 0.146 e. The van der Waals surface area contributed by atoms with Gasteiger partial charge in [-0.2, -0.15) is 0 Å². The highest BCUT2D eigenvalue weighted by Gasteiger charge is 2.09. The van der Waals surface area contributed by atoms with Crippen LogP contribution in [-0.4, -0.2) is 14.2 Å². The number of ether oxygens (including phenoxy) is 2. The Labute approximate surface area is 127 Å². The Kier molecular flexibility index (Phi) is 5.09. The number of aryl methyl sites for hydroxylation is 1. The van der Waals surface area contributed by atoms with Crippen molar-refractivity contribution < 1.29 is 13.9 Å². The second kappa shape index (κ2) is 6.81. The third-order valence-corrected chi connectivity index (χ3v) is 3.54. The van der Waals surface area contributed by atoms with Crippen LogP contribution in [0.5, 0.6) is 11.5 Å². The van der Waals surface area contributed by atoms with Crippen molar-refractivity contribution in [3.8, 4) is 11.5 Å². The minimum atomic E-state index is 0.398. The zero-order valence-electron chi connectivity index (χ0n) is 11.8. The molecule has 20 heavy (non-hydrogen) atoms. The van der Waals surface area contributed by atoms with Crippen LogP contribution in [0.3, 0.4) is 0 Å². The molecular weight excluding hydrogens is 322 g/mol. The topological polar surface area (TPSA) is 43.6 Å². The molecule has 1 heterocycles. The SMILES string of the molecule is CNCc1oc(COc2ccc(OC)cc2Br)cc1C. The summed E-state index contributed by atoms with van der Waals surface area (Å²) >= 11 is 3.46. The summed E-state index contributed by atoms with van der Waals surface area (Å²) in [5.41, 5.74) is 1.13. The number of nitrogens with one attached hydrogen (secondary N) is 1. The highest BCUT2D eigenvalue weighted by atomic mass is 79.9. The van der Waals surface area contributed by atoms with Gasteiger partial charge in [0.1, 0.15) is 29.6 Å². The molecule has 0 bridgehead atoms. The fraction of sp³-hybridized carbons (Fsp3) is 0.333. The van der Waals surface area contributed by atoms with E-state index in [1.165, 1.54) is 0 Å². The highest BCUT2D eigenvalue weighted by molar-refractivity contribution is 9.10. The van der Waals surface area contributed by atoms with Crippen molar-refractivity contribution in [2.45, 2.75) is 20.1 Å². The number of rotatable bonds is 6. The van der Waals surface area contributed by atoms with Crippen molar-refractivity contribution in [1.29, 1.82) is 0 Å². The lowest BCUT2D eigenvalue weighted by Gasteiger charge is -2.08. The van der Waals surface area contributed by atoms with E-state index in [4.69, 9.17) is 13.9 Å². The number of hydrogen-bond acceptors (Lipinski definition) is 4. The van der Waals surface area contributed by atoms with Crippen LogP contribution in [0.15, 0.2) is 33.2 Å². The average molecular weight is 340 g/mol. The Hall–Kier alpha value is -1.46. The lowest BCUT2D eigenvalue weighted by Crippen LogP contribution is -2.04. The van der Waals surface area contributed by atoms with E-state index < -0.39 is 0 Å². The first-order valence-corrected chi connectivity index (χ1v) is 7.12. The maximum absolute atomic E-state index is 5.75. The lowest BCUT2D eigenvalue weighted by molar-refractivity contribution is 0.263. The molecule has 1 aromatic heterocycles. The average Bonchev–Trinajstić information content (AvgIpc) is 2.78. The summed E-state index contributed by atoms with van der Waals surface area (Å²) in [4.78, 5) is 0. The molecule has 1 aromatic carbocycles. The lowest BCUT2D eigenvalue weighted by atomic mass is 10.2. The highest BCUT2D eigenvalue weighted by Crippen LogP contribution is 2.30. The van der Waals surface area contributed by atoms with Gasteiger partial charge in [0.15, 0.2) is 0 Å². The van der Waals surface area contributed by atoms with Gasteiger partial charge in [-0.25, -0.2) is 0 Å². The fourth-order valence-corrected chi connectivity index (χ4v) is 2.34. The van der Waals surface area contributed by atoms with E-state index in [0.29, 0.717) is 6.61 Å². The standard InChI is InChI=1S/C15H18BrNO3/c1-10-6-12(20-15(10)8-17-2)9-19-14-5-4-11(18-3)7-13(14)16/h4-7,17H,8-9H2,1-3H3. The third kappa shape index (κ3) is 3.55. The molecule has 0 saturated heterocycles. The molecule has 108 valence electrons. The molecule has 0 fully saturated rings. The second-order valence-corrected chi connectivity index (χ2v) is 5.29. The van der Waals surface area contributed by atoms with Gasteiger partial charge in [-0.1, -0.05) is 0 Å². The first kappa shape index (κ1) is 14.9. The van der Waals surface area contributed by atoms with Crippen molar-refractivity contribution in [3.63, 3.8) is 0 Å². The number of furan rings is 1. The Balaban J connectivity index is 2.03. The van der Waals surface area contributed by atoms with Crippen LogP contribution in [0.25, 0.3) is 0 Å². The summed E-state index contributed by atoms with van der Waals surface area (Å²) in [5.74, 6) is 3.31. The van der Waals surface area contributed by atoms with Crippen LogP contribution >= 0.6 is 15.9 Å². The van der Waals surface area contributed by atoms with Gasteiger partial charge in [0.05, 0.1) is 18.1 Å². The molecule has 0 aliphatic rings. The summed E-state index contributed by atoms with van der Waals surface area (Å²) in [6.07, 6.45) is 0. The van der Waals surface area contributed by atoms with E-state index in [9.17, 15) is 0 Å². The predicted molar refractivity (Wildman–Crippen MR) is 81.2 cm³/mol. The summed E-state index contributed by atoms with van der Waals surface area (Å²) < 4.78 is 17.5. The third-order valence-electron chi connectivity index (χ3n) is 2.92. The minimum absolute atomic E-state index is 0.398. The van der Waals surface area contributed by atoms with Crippen molar-refractivity contribution in [2.24, 2.45) is 0 Å². The van der Waals surface area contributed by atoms with E-state index in [1.807, 2.05) is 38.2 Å². The van der Waals surface area contributed by atoms with Crippen molar-refractivity contribution in [3.05, 3.63) is 45.8 Å². The summed E-state index contributed by atoms with van der Waals surface area (Å²) in [6, 6.07) is 7.60. The normalized spacial score (nSPS) is 10.6. The Morgan fingerprint density at radius 1 is 1.30 bits per heavy atom. The number of halogens is 1. The number of hydrogen-bond donors (Lipinski definition) is 1. The first-order valence-electron chi connectivity index (χ1n) is 6.33. The monoisotopic (exact) mass is 339 g/mol. The van der Waals surface area contributed by atoms with Gasteiger partial charge >= 0.3 is 0 Å². The summed E-state index contributed by atoms with van der Waals surface area (Å²) in [6.45, 7) is 3.15. The van der Waals surface area contributed by atoms with Gasteiger partial charge < -0.3 is 19.2 Å². The molecule has 5 heteroatoms. The fourth-order valence-electron chi connectivity index (χ4n) is 1.87. The number of methoxy groups -OCH3 is 1. The largest absolute Gasteiger partial charge is 0.497 e. The van der Waals surface area contributed by atoms with E-state index in [-0.39, 0.29) is 0 Å². The quantitative estimate of drug-likeness (QED) is 0.872. The van der Waals surface area contributed by atoms with E-state index >= 15 is 0 Å². The van der Waals surface area contributed by atoms with E-state index in [2.05, 4.69) is 21.2 Å². The molecule has 0 atom stereocenters. The second-order valence-electron chi connectivity index (χ2n) is 4.43. The van der Waals surface area contributed by atoms with Crippen molar-refractivity contribution >= 4 is 15.9 Å². The summed E-state index contributed by atoms with van der Waals surface area (Å²) in [5, 5.41) is 3.08. The van der Waals surface area contributed by atoms with E-state index in [1.54, 1.807) is 7.11 Å². The molecule has 2 aromatic rings. The molecule has 0 aliphatic heterocycles. The van der Waals surface area contributed by atoms with Gasteiger partial charge in [-0.05, 0) is 59.7 Å². The Morgan fingerprint density at radius 3 is 2.75 bits per heavy atom. The molecule has 4 nitrogen and oxygen atoms in total. The van der Waals surface area contributed by atoms with Gasteiger partial charge in [0.2, 0.25) is 0 Å². The summed E-state index contributed by atoms with van der Waals surface area (Å²) in [7, 11) is 3.53. The molecule has 0 saturated carbocycles. The molecular formula is C15H18BrNO3. The van der Waals surface area contributed by atoms with Crippen LogP contribution in [0.4, 0.5) is 0 Å². The van der Waals surface area contributed by atoms with Crippen LogP contribution in [-0.2, 0) is 13.2 Å². The Morgan fingerprint density at radius 2 is 2.10 bits per heavy atom. The number of benzene rings is 1. The molecule has 0 spiro atoms. The maximum atomic E-state index is 5.75. The molecule has 0 aliphatic carbocycles. The molecule has 0 radical (unpaired) electrons. The Bertz CT molecular complexity index is 580. The van der Waals surface area contributed by atoms with E-state index in [0.717, 1.165) is 39.6 Å². The molecule has 1 N–H and O–H groups in total. The predicted octanol–water partition coefficient (Wildman–Crippen LogP) is 3.66.